The fraction of sp³-hybridized carbons (Fsp3) is 0.316. The lowest BCUT2D eigenvalue weighted by molar-refractivity contribution is -0.125. The van der Waals surface area contributed by atoms with E-state index in [0.29, 0.717) is 12.2 Å². The SMILES string of the molecule is O=C1CCCCC1[C@H](Nc1ccccc1)c1ccc(F)cc1. The van der Waals surface area contributed by atoms with Crippen LogP contribution in [0, 0.1) is 11.7 Å². The Hall–Kier alpha value is -2.16. The number of benzene rings is 2. The van der Waals surface area contributed by atoms with Crippen LogP contribution in [0.25, 0.3) is 0 Å². The summed E-state index contributed by atoms with van der Waals surface area (Å²) in [7, 11) is 0. The maximum atomic E-state index is 13.2. The Morgan fingerprint density at radius 3 is 2.41 bits per heavy atom. The first-order chi connectivity index (χ1) is 10.7. The van der Waals surface area contributed by atoms with Crippen molar-refractivity contribution >= 4 is 11.5 Å². The van der Waals surface area contributed by atoms with Gasteiger partial charge in [-0.15, -0.1) is 0 Å². The molecule has 0 saturated heterocycles. The molecule has 1 N–H and O–H groups in total. The molecule has 0 heterocycles. The Balaban J connectivity index is 1.90. The van der Waals surface area contributed by atoms with E-state index in [0.717, 1.165) is 30.5 Å². The molecule has 1 aliphatic rings. The van der Waals surface area contributed by atoms with Crippen molar-refractivity contribution in [3.63, 3.8) is 0 Å². The second-order valence-electron chi connectivity index (χ2n) is 5.86. The summed E-state index contributed by atoms with van der Waals surface area (Å²) in [6.45, 7) is 0. The Morgan fingerprint density at radius 2 is 1.73 bits per heavy atom. The number of Topliss-reactive ketones (excluding diaryl/α,β-unsaturated/α-hetero) is 1. The summed E-state index contributed by atoms with van der Waals surface area (Å²) in [5, 5.41) is 3.47. The van der Waals surface area contributed by atoms with Crippen LogP contribution in [0.15, 0.2) is 54.6 Å². The molecule has 2 nitrogen and oxygen atoms in total. The number of hydrogen-bond acceptors (Lipinski definition) is 2. The van der Waals surface area contributed by atoms with Gasteiger partial charge >= 0.3 is 0 Å². The molecule has 0 spiro atoms. The standard InChI is InChI=1S/C19H20FNO/c20-15-12-10-14(11-13-15)19(17-8-4-5-9-18(17)22)21-16-6-2-1-3-7-16/h1-3,6-7,10-13,17,19,21H,4-5,8-9H2/t17?,19-/m1/s1. The number of nitrogens with one attached hydrogen (secondary N) is 1. The van der Waals surface area contributed by atoms with E-state index in [1.54, 1.807) is 12.1 Å². The Labute approximate surface area is 130 Å². The zero-order valence-electron chi connectivity index (χ0n) is 12.5. The third-order valence-electron chi connectivity index (χ3n) is 4.33. The second kappa shape index (κ2) is 6.73. The van der Waals surface area contributed by atoms with Gasteiger partial charge in [0.25, 0.3) is 0 Å². The van der Waals surface area contributed by atoms with E-state index in [1.165, 1.54) is 12.1 Å². The molecule has 0 amide bonds. The number of carbonyl (C=O) groups is 1. The van der Waals surface area contributed by atoms with E-state index in [-0.39, 0.29) is 17.8 Å². The van der Waals surface area contributed by atoms with Gasteiger partial charge in [0.15, 0.2) is 0 Å². The monoisotopic (exact) mass is 297 g/mol. The molecule has 0 radical (unpaired) electrons. The first kappa shape index (κ1) is 14.8. The number of halogens is 1. The molecule has 1 unspecified atom stereocenters. The van der Waals surface area contributed by atoms with Crippen molar-refractivity contribution in [2.75, 3.05) is 5.32 Å². The molecule has 2 atom stereocenters. The maximum Gasteiger partial charge on any atom is 0.138 e. The molecule has 1 aliphatic carbocycles. The van der Waals surface area contributed by atoms with Gasteiger partial charge in [-0.1, -0.05) is 36.8 Å². The predicted octanol–water partition coefficient (Wildman–Crippen LogP) is 4.74. The molecule has 3 heteroatoms. The highest BCUT2D eigenvalue weighted by Crippen LogP contribution is 2.34. The van der Waals surface area contributed by atoms with Crippen molar-refractivity contribution in [3.8, 4) is 0 Å². The Bertz CT molecular complexity index is 624. The van der Waals surface area contributed by atoms with Gasteiger partial charge in [-0.3, -0.25) is 4.79 Å². The summed E-state index contributed by atoms with van der Waals surface area (Å²) in [5.41, 5.74) is 1.95. The third kappa shape index (κ3) is 3.35. The Morgan fingerprint density at radius 1 is 1.00 bits per heavy atom. The summed E-state index contributed by atoms with van der Waals surface area (Å²) in [6.07, 6.45) is 3.60. The molecule has 0 aliphatic heterocycles. The van der Waals surface area contributed by atoms with Gasteiger partial charge in [-0.25, -0.2) is 4.39 Å². The summed E-state index contributed by atoms with van der Waals surface area (Å²) >= 11 is 0. The molecule has 2 aromatic rings. The molecule has 1 fully saturated rings. The van der Waals surface area contributed by atoms with Crippen molar-refractivity contribution in [2.24, 2.45) is 5.92 Å². The van der Waals surface area contributed by atoms with Crippen LogP contribution in [0.1, 0.15) is 37.3 Å². The summed E-state index contributed by atoms with van der Waals surface area (Å²) in [5.74, 6) is 0.0144. The van der Waals surface area contributed by atoms with Crippen molar-refractivity contribution in [3.05, 3.63) is 66.0 Å². The number of hydrogen-bond donors (Lipinski definition) is 1. The quantitative estimate of drug-likeness (QED) is 0.883. The molecule has 2 aromatic carbocycles. The van der Waals surface area contributed by atoms with Crippen molar-refractivity contribution < 1.29 is 9.18 Å². The Kier molecular flexibility index (Phi) is 4.52. The van der Waals surface area contributed by atoms with Gasteiger partial charge in [-0.2, -0.15) is 0 Å². The fourth-order valence-corrected chi connectivity index (χ4v) is 3.16. The highest BCUT2D eigenvalue weighted by Gasteiger charge is 2.31. The van der Waals surface area contributed by atoms with E-state index < -0.39 is 0 Å². The van der Waals surface area contributed by atoms with Crippen LogP contribution in [0.4, 0.5) is 10.1 Å². The van der Waals surface area contributed by atoms with Crippen molar-refractivity contribution in [1.29, 1.82) is 0 Å². The molecule has 1 saturated carbocycles. The third-order valence-corrected chi connectivity index (χ3v) is 4.33. The van der Waals surface area contributed by atoms with E-state index in [9.17, 15) is 9.18 Å². The highest BCUT2D eigenvalue weighted by molar-refractivity contribution is 5.83. The van der Waals surface area contributed by atoms with Gasteiger partial charge in [0.2, 0.25) is 0 Å². The van der Waals surface area contributed by atoms with E-state index in [2.05, 4.69) is 5.32 Å². The van der Waals surface area contributed by atoms with Crippen LogP contribution in [0.3, 0.4) is 0 Å². The molecular weight excluding hydrogens is 277 g/mol. The zero-order valence-corrected chi connectivity index (χ0v) is 12.5. The first-order valence-corrected chi connectivity index (χ1v) is 7.84. The van der Waals surface area contributed by atoms with Crippen LogP contribution < -0.4 is 5.32 Å². The predicted molar refractivity (Wildman–Crippen MR) is 86.2 cm³/mol. The zero-order chi connectivity index (χ0) is 15.4. The minimum absolute atomic E-state index is 0.0422. The molecule has 114 valence electrons. The minimum atomic E-state index is -0.253. The molecular formula is C19H20FNO. The first-order valence-electron chi connectivity index (χ1n) is 7.84. The largest absolute Gasteiger partial charge is 0.378 e. The number of para-hydroxylation sites is 1. The summed E-state index contributed by atoms with van der Waals surface area (Å²) in [4.78, 5) is 12.4. The van der Waals surface area contributed by atoms with E-state index in [1.807, 2.05) is 30.3 Å². The van der Waals surface area contributed by atoms with Gasteiger partial charge in [0.05, 0.1) is 6.04 Å². The maximum absolute atomic E-state index is 13.2. The average Bonchev–Trinajstić information content (AvgIpc) is 2.55. The number of anilines is 1. The molecule has 0 aromatic heterocycles. The molecule has 22 heavy (non-hydrogen) atoms. The normalized spacial score (nSPS) is 19.7. The average molecular weight is 297 g/mol. The minimum Gasteiger partial charge on any atom is -0.378 e. The number of ketones is 1. The van der Waals surface area contributed by atoms with Crippen LogP contribution >= 0.6 is 0 Å². The molecule has 0 bridgehead atoms. The molecule has 3 rings (SSSR count). The number of rotatable bonds is 4. The lowest BCUT2D eigenvalue weighted by Crippen LogP contribution is -2.30. The van der Waals surface area contributed by atoms with Crippen LogP contribution in [-0.4, -0.2) is 5.78 Å². The van der Waals surface area contributed by atoms with Crippen LogP contribution in [-0.2, 0) is 4.79 Å². The second-order valence-corrected chi connectivity index (χ2v) is 5.86. The van der Waals surface area contributed by atoms with Gasteiger partial charge in [0, 0.05) is 18.0 Å². The van der Waals surface area contributed by atoms with Gasteiger partial charge < -0.3 is 5.32 Å². The van der Waals surface area contributed by atoms with Crippen molar-refractivity contribution in [1.82, 2.24) is 0 Å². The van der Waals surface area contributed by atoms with Crippen LogP contribution in [0.2, 0.25) is 0 Å². The van der Waals surface area contributed by atoms with Gasteiger partial charge in [0.1, 0.15) is 11.6 Å². The summed E-state index contributed by atoms with van der Waals surface area (Å²) < 4.78 is 13.2. The van der Waals surface area contributed by atoms with Gasteiger partial charge in [-0.05, 0) is 42.7 Å². The fourth-order valence-electron chi connectivity index (χ4n) is 3.16. The van der Waals surface area contributed by atoms with E-state index >= 15 is 0 Å². The van der Waals surface area contributed by atoms with Crippen molar-refractivity contribution in [2.45, 2.75) is 31.7 Å². The highest BCUT2D eigenvalue weighted by atomic mass is 19.1. The summed E-state index contributed by atoms with van der Waals surface area (Å²) in [6, 6.07) is 16.2. The smallest absolute Gasteiger partial charge is 0.138 e. The number of carbonyl (C=O) groups excluding carboxylic acids is 1. The lowest BCUT2D eigenvalue weighted by atomic mass is 9.80. The van der Waals surface area contributed by atoms with Crippen LogP contribution in [0.5, 0.6) is 0 Å². The lowest BCUT2D eigenvalue weighted by Gasteiger charge is -2.31. The van der Waals surface area contributed by atoms with E-state index in [4.69, 9.17) is 0 Å². The topological polar surface area (TPSA) is 29.1 Å².